The Morgan fingerprint density at radius 2 is 1.83 bits per heavy atom. The molecule has 0 heterocycles. The van der Waals surface area contributed by atoms with E-state index in [-0.39, 0.29) is 0 Å². The fourth-order valence-corrected chi connectivity index (χ4v) is 2.31. The minimum absolute atomic E-state index is 0.462. The topological polar surface area (TPSA) is 35.2 Å². The molecule has 0 aliphatic heterocycles. The van der Waals surface area contributed by atoms with Crippen LogP contribution in [0, 0.1) is 6.92 Å². The van der Waals surface area contributed by atoms with Crippen molar-refractivity contribution in [1.82, 2.24) is 0 Å². The van der Waals surface area contributed by atoms with E-state index < -0.39 is 0 Å². The van der Waals surface area contributed by atoms with Gasteiger partial charge in [-0.05, 0) is 58.7 Å². The van der Waals surface area contributed by atoms with E-state index in [1.54, 1.807) is 24.3 Å². The zero-order valence-corrected chi connectivity index (χ0v) is 12.6. The van der Waals surface area contributed by atoms with Crippen LogP contribution >= 0.6 is 39.1 Å². The van der Waals surface area contributed by atoms with Crippen molar-refractivity contribution >= 4 is 44.8 Å². The summed E-state index contributed by atoms with van der Waals surface area (Å²) in [6, 6.07) is 8.74. The van der Waals surface area contributed by atoms with Gasteiger partial charge in [-0.1, -0.05) is 23.2 Å². The van der Waals surface area contributed by atoms with Gasteiger partial charge in [-0.2, -0.15) is 0 Å². The molecule has 0 amide bonds. The summed E-state index contributed by atoms with van der Waals surface area (Å²) in [5.41, 5.74) is 7.45. The molecule has 0 radical (unpaired) electrons. The molecule has 0 bridgehead atoms. The maximum Gasteiger partial charge on any atom is 0.146 e. The summed E-state index contributed by atoms with van der Waals surface area (Å²) < 4.78 is 6.51. The Hall–Kier alpha value is -0.900. The Morgan fingerprint density at radius 1 is 1.11 bits per heavy atom. The van der Waals surface area contributed by atoms with Crippen LogP contribution in [0.3, 0.4) is 0 Å². The van der Waals surface area contributed by atoms with Crippen molar-refractivity contribution in [2.24, 2.45) is 0 Å². The van der Waals surface area contributed by atoms with Gasteiger partial charge < -0.3 is 10.5 Å². The Morgan fingerprint density at radius 3 is 2.50 bits per heavy atom. The molecule has 2 aromatic carbocycles. The van der Waals surface area contributed by atoms with Crippen LogP contribution in [0.25, 0.3) is 0 Å². The SMILES string of the molecule is Cc1cc(Oc2ccc(Cl)cc2Cl)c(Br)cc1N. The van der Waals surface area contributed by atoms with Gasteiger partial charge in [0.2, 0.25) is 0 Å². The summed E-state index contributed by atoms with van der Waals surface area (Å²) in [7, 11) is 0. The monoisotopic (exact) mass is 345 g/mol. The lowest BCUT2D eigenvalue weighted by Gasteiger charge is -2.11. The van der Waals surface area contributed by atoms with Crippen molar-refractivity contribution in [3.05, 3.63) is 50.4 Å². The number of hydrogen-bond donors (Lipinski definition) is 1. The molecule has 94 valence electrons. The maximum atomic E-state index is 6.05. The number of hydrogen-bond acceptors (Lipinski definition) is 2. The molecule has 0 saturated heterocycles. The lowest BCUT2D eigenvalue weighted by molar-refractivity contribution is 0.479. The fourth-order valence-electron chi connectivity index (χ4n) is 1.43. The van der Waals surface area contributed by atoms with Crippen molar-refractivity contribution in [3.8, 4) is 11.5 Å². The highest BCUT2D eigenvalue weighted by molar-refractivity contribution is 9.10. The molecule has 0 unspecified atom stereocenters. The van der Waals surface area contributed by atoms with E-state index >= 15 is 0 Å². The predicted octanol–water partition coefficient (Wildman–Crippen LogP) is 5.44. The van der Waals surface area contributed by atoms with Gasteiger partial charge in [0.1, 0.15) is 11.5 Å². The van der Waals surface area contributed by atoms with E-state index in [2.05, 4.69) is 15.9 Å². The van der Waals surface area contributed by atoms with Crippen LogP contribution < -0.4 is 10.5 Å². The molecule has 2 rings (SSSR count). The Kier molecular flexibility index (Phi) is 4.05. The Labute approximate surface area is 124 Å². The number of nitrogens with two attached hydrogens (primary N) is 1. The van der Waals surface area contributed by atoms with Crippen molar-refractivity contribution in [3.63, 3.8) is 0 Å². The molecular formula is C13H10BrCl2NO. The standard InChI is InChI=1S/C13H10BrCl2NO/c1-7-4-13(9(14)6-11(7)17)18-12-3-2-8(15)5-10(12)16/h2-6H,17H2,1H3. The largest absolute Gasteiger partial charge is 0.455 e. The van der Waals surface area contributed by atoms with E-state index in [1.807, 2.05) is 13.0 Å². The smallest absolute Gasteiger partial charge is 0.146 e. The lowest BCUT2D eigenvalue weighted by atomic mass is 10.2. The van der Waals surface area contributed by atoms with Crippen molar-refractivity contribution in [2.45, 2.75) is 6.92 Å². The molecule has 5 heteroatoms. The number of benzene rings is 2. The van der Waals surface area contributed by atoms with Crippen LogP contribution in [0.1, 0.15) is 5.56 Å². The molecule has 0 aliphatic rings. The second-order valence-electron chi connectivity index (χ2n) is 3.82. The summed E-state index contributed by atoms with van der Waals surface area (Å²) in [5.74, 6) is 1.21. The Balaban J connectivity index is 2.37. The van der Waals surface area contributed by atoms with Gasteiger partial charge in [-0.25, -0.2) is 0 Å². The van der Waals surface area contributed by atoms with Gasteiger partial charge in [-0.3, -0.25) is 0 Å². The highest BCUT2D eigenvalue weighted by Gasteiger charge is 2.09. The highest BCUT2D eigenvalue weighted by atomic mass is 79.9. The third-order valence-corrected chi connectivity index (χ3v) is 3.58. The molecule has 0 atom stereocenters. The minimum atomic E-state index is 0.462. The van der Waals surface area contributed by atoms with Crippen LogP contribution in [-0.2, 0) is 0 Å². The molecular weight excluding hydrogens is 337 g/mol. The molecule has 2 N–H and O–H groups in total. The average Bonchev–Trinajstić information content (AvgIpc) is 2.29. The van der Waals surface area contributed by atoms with Crippen LogP contribution in [0.15, 0.2) is 34.8 Å². The first-order valence-electron chi connectivity index (χ1n) is 5.16. The van der Waals surface area contributed by atoms with Crippen molar-refractivity contribution in [2.75, 3.05) is 5.73 Å². The van der Waals surface area contributed by atoms with Crippen molar-refractivity contribution in [1.29, 1.82) is 0 Å². The van der Waals surface area contributed by atoms with Crippen LogP contribution in [0.4, 0.5) is 5.69 Å². The molecule has 0 spiro atoms. The number of nitrogen functional groups attached to an aromatic ring is 1. The predicted molar refractivity (Wildman–Crippen MR) is 79.8 cm³/mol. The lowest BCUT2D eigenvalue weighted by Crippen LogP contribution is -1.93. The number of rotatable bonds is 2. The van der Waals surface area contributed by atoms with Gasteiger partial charge in [0.15, 0.2) is 0 Å². The molecule has 2 nitrogen and oxygen atoms in total. The van der Waals surface area contributed by atoms with E-state index in [1.165, 1.54) is 0 Å². The summed E-state index contributed by atoms with van der Waals surface area (Å²) in [5, 5.41) is 1.03. The average molecular weight is 347 g/mol. The third kappa shape index (κ3) is 2.91. The number of halogens is 3. The highest BCUT2D eigenvalue weighted by Crippen LogP contribution is 2.36. The first-order chi connectivity index (χ1) is 8.47. The molecule has 0 aliphatic carbocycles. The molecule has 0 aromatic heterocycles. The van der Waals surface area contributed by atoms with Gasteiger partial charge in [0.25, 0.3) is 0 Å². The second kappa shape index (κ2) is 5.39. The van der Waals surface area contributed by atoms with E-state index in [4.69, 9.17) is 33.7 Å². The van der Waals surface area contributed by atoms with Crippen LogP contribution in [0.5, 0.6) is 11.5 Å². The number of aryl methyl sites for hydroxylation is 1. The normalized spacial score (nSPS) is 10.4. The van der Waals surface area contributed by atoms with Gasteiger partial charge in [0.05, 0.1) is 9.50 Å². The number of ether oxygens (including phenoxy) is 1. The molecule has 0 saturated carbocycles. The van der Waals surface area contributed by atoms with Gasteiger partial charge >= 0.3 is 0 Å². The van der Waals surface area contributed by atoms with E-state index in [9.17, 15) is 0 Å². The summed E-state index contributed by atoms with van der Waals surface area (Å²) in [6.45, 7) is 1.91. The van der Waals surface area contributed by atoms with E-state index in [0.717, 1.165) is 10.0 Å². The summed E-state index contributed by atoms with van der Waals surface area (Å²) >= 11 is 15.3. The van der Waals surface area contributed by atoms with Crippen molar-refractivity contribution < 1.29 is 4.74 Å². The summed E-state index contributed by atoms with van der Waals surface area (Å²) in [4.78, 5) is 0. The second-order valence-corrected chi connectivity index (χ2v) is 5.51. The fraction of sp³-hybridized carbons (Fsp3) is 0.0769. The Bertz CT molecular complexity index is 602. The minimum Gasteiger partial charge on any atom is -0.455 e. The zero-order chi connectivity index (χ0) is 13.3. The molecule has 0 fully saturated rings. The summed E-state index contributed by atoms with van der Waals surface area (Å²) in [6.07, 6.45) is 0. The van der Waals surface area contributed by atoms with Crippen LogP contribution in [-0.4, -0.2) is 0 Å². The first kappa shape index (κ1) is 13.5. The molecule has 2 aromatic rings. The molecule has 18 heavy (non-hydrogen) atoms. The van der Waals surface area contributed by atoms with Gasteiger partial charge in [0, 0.05) is 10.7 Å². The quantitative estimate of drug-likeness (QED) is 0.735. The van der Waals surface area contributed by atoms with E-state index in [0.29, 0.717) is 27.2 Å². The first-order valence-corrected chi connectivity index (χ1v) is 6.71. The maximum absolute atomic E-state index is 6.05. The third-order valence-electron chi connectivity index (χ3n) is 2.43. The number of anilines is 1. The zero-order valence-electron chi connectivity index (χ0n) is 9.51. The van der Waals surface area contributed by atoms with Gasteiger partial charge in [-0.15, -0.1) is 0 Å². The van der Waals surface area contributed by atoms with Crippen LogP contribution in [0.2, 0.25) is 10.0 Å².